The molecule has 5 nitrogen and oxygen atoms in total. The van der Waals surface area contributed by atoms with Gasteiger partial charge in [0.05, 0.1) is 0 Å². The van der Waals surface area contributed by atoms with Crippen LogP contribution in [0.2, 0.25) is 0 Å². The van der Waals surface area contributed by atoms with Gasteiger partial charge in [0.1, 0.15) is 11.2 Å². The van der Waals surface area contributed by atoms with Gasteiger partial charge < -0.3 is 15.8 Å². The first-order valence-corrected chi connectivity index (χ1v) is 8.11. The van der Waals surface area contributed by atoms with Crippen molar-refractivity contribution >= 4 is 11.8 Å². The molecule has 0 saturated heterocycles. The van der Waals surface area contributed by atoms with Crippen LogP contribution in [0, 0.1) is 11.2 Å². The Morgan fingerprint density at radius 1 is 1.16 bits per heavy atom. The minimum absolute atomic E-state index is 0.143. The van der Waals surface area contributed by atoms with Gasteiger partial charge in [-0.1, -0.05) is 24.3 Å². The largest absolute Gasteiger partial charge is 0.454 e. The number of primary amides is 1. The number of para-hydroxylation sites is 1. The summed E-state index contributed by atoms with van der Waals surface area (Å²) in [5, 5.41) is 2.70. The third kappa shape index (κ3) is 3.79. The fraction of sp³-hybridized carbons (Fsp3) is 0.263. The normalized spacial score (nSPS) is 14.6. The van der Waals surface area contributed by atoms with E-state index in [0.29, 0.717) is 31.6 Å². The molecule has 0 heterocycles. The average molecular weight is 342 g/mol. The van der Waals surface area contributed by atoms with Gasteiger partial charge in [-0.05, 0) is 49.1 Å². The number of nitrogens with two attached hydrogens (primary N) is 1. The van der Waals surface area contributed by atoms with E-state index in [-0.39, 0.29) is 11.7 Å². The second kappa shape index (κ2) is 6.93. The molecule has 0 aliphatic heterocycles. The molecule has 2 aromatic rings. The molecule has 2 aromatic carbocycles. The van der Waals surface area contributed by atoms with Gasteiger partial charge in [-0.2, -0.15) is 0 Å². The first kappa shape index (κ1) is 17.0. The summed E-state index contributed by atoms with van der Waals surface area (Å²) >= 11 is 0. The molecule has 6 heteroatoms. The summed E-state index contributed by atoms with van der Waals surface area (Å²) in [5.41, 5.74) is 4.95. The van der Waals surface area contributed by atoms with Crippen molar-refractivity contribution in [3.05, 3.63) is 59.9 Å². The number of ether oxygens (including phenoxy) is 1. The molecule has 25 heavy (non-hydrogen) atoms. The predicted molar refractivity (Wildman–Crippen MR) is 90.5 cm³/mol. The Morgan fingerprint density at radius 2 is 1.88 bits per heavy atom. The van der Waals surface area contributed by atoms with Crippen molar-refractivity contribution in [2.24, 2.45) is 11.1 Å². The summed E-state index contributed by atoms with van der Waals surface area (Å²) in [6.07, 6.45) is 1.44. The molecule has 2 amide bonds. The second-order valence-corrected chi connectivity index (χ2v) is 6.13. The molecular formula is C19H19FN2O3. The van der Waals surface area contributed by atoms with Crippen molar-refractivity contribution < 1.29 is 18.7 Å². The molecule has 0 bridgehead atoms. The average Bonchev–Trinajstić information content (AvgIpc) is 3.40. The molecule has 0 aromatic heterocycles. The Hall–Kier alpha value is -2.89. The lowest BCUT2D eigenvalue weighted by Gasteiger charge is -2.12. The molecule has 1 aliphatic rings. The summed E-state index contributed by atoms with van der Waals surface area (Å²) in [5.74, 6) is -0.696. The Bertz CT molecular complexity index is 789. The van der Waals surface area contributed by atoms with Crippen LogP contribution in [-0.2, 0) is 16.0 Å². The van der Waals surface area contributed by atoms with Crippen LogP contribution >= 0.6 is 0 Å². The third-order valence-electron chi connectivity index (χ3n) is 4.32. The Labute approximate surface area is 145 Å². The van der Waals surface area contributed by atoms with Crippen LogP contribution in [0.25, 0.3) is 0 Å². The number of carbonyl (C=O) groups is 2. The number of hydrogen-bond acceptors (Lipinski definition) is 3. The fourth-order valence-electron chi connectivity index (χ4n) is 2.60. The smallest absolute Gasteiger partial charge is 0.235 e. The molecular weight excluding hydrogens is 323 g/mol. The van der Waals surface area contributed by atoms with Crippen molar-refractivity contribution in [2.75, 3.05) is 6.54 Å². The zero-order valence-electron chi connectivity index (χ0n) is 13.6. The SMILES string of the molecule is NC(=O)C1(C(=O)NCCc2ccc(Oc3ccccc3)c(F)c2)CC1. The minimum Gasteiger partial charge on any atom is -0.454 e. The van der Waals surface area contributed by atoms with Crippen molar-refractivity contribution in [1.29, 1.82) is 0 Å². The monoisotopic (exact) mass is 342 g/mol. The highest BCUT2D eigenvalue weighted by atomic mass is 19.1. The molecule has 0 unspecified atom stereocenters. The maximum atomic E-state index is 14.2. The zero-order chi connectivity index (χ0) is 17.9. The topological polar surface area (TPSA) is 81.4 Å². The number of hydrogen-bond donors (Lipinski definition) is 2. The zero-order valence-corrected chi connectivity index (χ0v) is 13.6. The molecule has 0 radical (unpaired) electrons. The third-order valence-corrected chi connectivity index (χ3v) is 4.32. The highest BCUT2D eigenvalue weighted by Crippen LogP contribution is 2.45. The lowest BCUT2D eigenvalue weighted by molar-refractivity contribution is -0.135. The first-order chi connectivity index (χ1) is 12.0. The molecule has 1 aliphatic carbocycles. The van der Waals surface area contributed by atoms with Gasteiger partial charge in [-0.3, -0.25) is 9.59 Å². The van der Waals surface area contributed by atoms with Crippen molar-refractivity contribution in [3.63, 3.8) is 0 Å². The summed E-state index contributed by atoms with van der Waals surface area (Å²) < 4.78 is 19.6. The Morgan fingerprint density at radius 3 is 2.48 bits per heavy atom. The molecule has 1 saturated carbocycles. The van der Waals surface area contributed by atoms with E-state index in [9.17, 15) is 14.0 Å². The maximum absolute atomic E-state index is 14.2. The van der Waals surface area contributed by atoms with E-state index in [0.717, 1.165) is 5.56 Å². The van der Waals surface area contributed by atoms with Crippen LogP contribution in [0.5, 0.6) is 11.5 Å². The van der Waals surface area contributed by atoms with E-state index in [4.69, 9.17) is 10.5 Å². The number of carbonyl (C=O) groups excluding carboxylic acids is 2. The van der Waals surface area contributed by atoms with E-state index >= 15 is 0 Å². The van der Waals surface area contributed by atoms with Crippen LogP contribution in [0.4, 0.5) is 4.39 Å². The Balaban J connectivity index is 1.55. The van der Waals surface area contributed by atoms with Crippen molar-refractivity contribution in [2.45, 2.75) is 19.3 Å². The lowest BCUT2D eigenvalue weighted by Crippen LogP contribution is -2.41. The Kier molecular flexibility index (Phi) is 4.70. The quantitative estimate of drug-likeness (QED) is 0.759. The van der Waals surface area contributed by atoms with Crippen molar-refractivity contribution in [1.82, 2.24) is 5.32 Å². The number of halogens is 1. The van der Waals surface area contributed by atoms with Crippen molar-refractivity contribution in [3.8, 4) is 11.5 Å². The van der Waals surface area contributed by atoms with Crippen LogP contribution in [0.15, 0.2) is 48.5 Å². The fourth-order valence-corrected chi connectivity index (χ4v) is 2.60. The highest BCUT2D eigenvalue weighted by Gasteiger charge is 2.55. The number of benzene rings is 2. The van der Waals surface area contributed by atoms with Gasteiger partial charge in [0.25, 0.3) is 0 Å². The molecule has 0 spiro atoms. The van der Waals surface area contributed by atoms with Gasteiger partial charge >= 0.3 is 0 Å². The van der Waals surface area contributed by atoms with E-state index in [1.165, 1.54) is 6.07 Å². The highest BCUT2D eigenvalue weighted by molar-refractivity contribution is 6.07. The lowest BCUT2D eigenvalue weighted by atomic mass is 10.1. The van der Waals surface area contributed by atoms with E-state index < -0.39 is 17.1 Å². The molecule has 3 rings (SSSR count). The standard InChI is InChI=1S/C19H19FN2O3/c20-15-12-13(6-7-16(15)25-14-4-2-1-3-5-14)8-11-22-18(24)19(9-10-19)17(21)23/h1-7,12H,8-11H2,(H2,21,23)(H,22,24). The summed E-state index contributed by atoms with van der Waals surface area (Å²) in [4.78, 5) is 23.3. The van der Waals surface area contributed by atoms with E-state index in [1.807, 2.05) is 18.2 Å². The van der Waals surface area contributed by atoms with Gasteiger partial charge in [0.15, 0.2) is 11.6 Å². The van der Waals surface area contributed by atoms with Gasteiger partial charge in [-0.15, -0.1) is 0 Å². The summed E-state index contributed by atoms with van der Waals surface area (Å²) in [6.45, 7) is 0.312. The second-order valence-electron chi connectivity index (χ2n) is 6.13. The van der Waals surface area contributed by atoms with Crippen LogP contribution in [0.3, 0.4) is 0 Å². The van der Waals surface area contributed by atoms with Crippen LogP contribution < -0.4 is 15.8 Å². The summed E-state index contributed by atoms with van der Waals surface area (Å²) in [6, 6.07) is 13.6. The maximum Gasteiger partial charge on any atom is 0.235 e. The first-order valence-electron chi connectivity index (χ1n) is 8.11. The molecule has 130 valence electrons. The van der Waals surface area contributed by atoms with Crippen LogP contribution in [-0.4, -0.2) is 18.4 Å². The van der Waals surface area contributed by atoms with Crippen LogP contribution in [0.1, 0.15) is 18.4 Å². The molecule has 3 N–H and O–H groups in total. The number of amides is 2. The predicted octanol–water partition coefficient (Wildman–Crippen LogP) is 2.54. The minimum atomic E-state index is -1.03. The molecule has 1 fully saturated rings. The molecule has 0 atom stereocenters. The van der Waals surface area contributed by atoms with Gasteiger partial charge in [0, 0.05) is 6.54 Å². The number of nitrogens with one attached hydrogen (secondary N) is 1. The van der Waals surface area contributed by atoms with Gasteiger partial charge in [-0.25, -0.2) is 4.39 Å². The van der Waals surface area contributed by atoms with E-state index in [2.05, 4.69) is 5.32 Å². The van der Waals surface area contributed by atoms with Gasteiger partial charge in [0.2, 0.25) is 11.8 Å². The van der Waals surface area contributed by atoms with E-state index in [1.54, 1.807) is 24.3 Å². The summed E-state index contributed by atoms with van der Waals surface area (Å²) in [7, 11) is 0. The number of rotatable bonds is 7.